The van der Waals surface area contributed by atoms with E-state index >= 15 is 0 Å². The summed E-state index contributed by atoms with van der Waals surface area (Å²) in [5.74, 6) is 1.92. The molecule has 0 spiro atoms. The van der Waals surface area contributed by atoms with Gasteiger partial charge >= 0.3 is 0 Å². The SMILES string of the molecule is COc1ccc(/C(=N/C2CCCCC2)N2CCCc3cc(C4=NNC(=O)SC4(C)C)ccc32)cc1. The number of aryl methyl sites for hydroxylation is 1. The van der Waals surface area contributed by atoms with Gasteiger partial charge < -0.3 is 9.64 Å². The van der Waals surface area contributed by atoms with Gasteiger partial charge in [-0.05, 0) is 87.1 Å². The highest BCUT2D eigenvalue weighted by Gasteiger charge is 2.35. The van der Waals surface area contributed by atoms with E-state index in [9.17, 15) is 4.79 Å². The monoisotopic (exact) mass is 490 g/mol. The van der Waals surface area contributed by atoms with E-state index in [0.29, 0.717) is 6.04 Å². The summed E-state index contributed by atoms with van der Waals surface area (Å²) in [7, 11) is 1.70. The molecule has 2 heterocycles. The van der Waals surface area contributed by atoms with E-state index in [4.69, 9.17) is 9.73 Å². The van der Waals surface area contributed by atoms with Gasteiger partial charge in [0.25, 0.3) is 5.24 Å². The van der Waals surface area contributed by atoms with Gasteiger partial charge in [0.05, 0.1) is 23.6 Å². The van der Waals surface area contributed by atoms with E-state index in [1.54, 1.807) is 7.11 Å². The van der Waals surface area contributed by atoms with Crippen LogP contribution in [0.25, 0.3) is 0 Å². The predicted molar refractivity (Wildman–Crippen MR) is 145 cm³/mol. The van der Waals surface area contributed by atoms with Crippen LogP contribution in [0.2, 0.25) is 0 Å². The first-order chi connectivity index (χ1) is 16.9. The molecule has 2 aliphatic heterocycles. The first-order valence-corrected chi connectivity index (χ1v) is 13.5. The molecule has 1 aliphatic carbocycles. The maximum Gasteiger partial charge on any atom is 0.300 e. The summed E-state index contributed by atoms with van der Waals surface area (Å²) in [4.78, 5) is 19.6. The molecule has 0 unspecified atom stereocenters. The third-order valence-electron chi connectivity index (χ3n) is 7.13. The van der Waals surface area contributed by atoms with Crippen LogP contribution < -0.4 is 15.1 Å². The third-order valence-corrected chi connectivity index (χ3v) is 8.11. The molecule has 7 heteroatoms. The zero-order chi connectivity index (χ0) is 24.4. The van der Waals surface area contributed by atoms with Crippen LogP contribution in [0.5, 0.6) is 5.75 Å². The van der Waals surface area contributed by atoms with Crippen molar-refractivity contribution in [1.29, 1.82) is 0 Å². The largest absolute Gasteiger partial charge is 0.497 e. The Morgan fingerprint density at radius 1 is 1.11 bits per heavy atom. The van der Waals surface area contributed by atoms with E-state index in [1.165, 1.54) is 42.3 Å². The van der Waals surface area contributed by atoms with Crippen molar-refractivity contribution in [3.8, 4) is 5.75 Å². The fourth-order valence-corrected chi connectivity index (χ4v) is 6.15. The lowest BCUT2D eigenvalue weighted by atomic mass is 9.92. The molecule has 1 fully saturated rings. The van der Waals surface area contributed by atoms with Gasteiger partial charge in [0.2, 0.25) is 0 Å². The van der Waals surface area contributed by atoms with Crippen LogP contribution in [-0.4, -0.2) is 41.2 Å². The maximum absolute atomic E-state index is 11.9. The van der Waals surface area contributed by atoms with E-state index < -0.39 is 0 Å². The molecule has 1 saturated carbocycles. The maximum atomic E-state index is 11.9. The number of amidine groups is 1. The lowest BCUT2D eigenvalue weighted by Crippen LogP contribution is -2.39. The summed E-state index contributed by atoms with van der Waals surface area (Å²) in [6, 6.07) is 15.3. The summed E-state index contributed by atoms with van der Waals surface area (Å²) >= 11 is 1.29. The summed E-state index contributed by atoms with van der Waals surface area (Å²) in [5.41, 5.74) is 8.27. The van der Waals surface area contributed by atoms with E-state index in [2.05, 4.69) is 59.6 Å². The van der Waals surface area contributed by atoms with Crippen molar-refractivity contribution in [2.75, 3.05) is 18.6 Å². The van der Waals surface area contributed by atoms with Gasteiger partial charge in [-0.1, -0.05) is 37.1 Å². The molecule has 2 aromatic rings. The second-order valence-corrected chi connectivity index (χ2v) is 11.6. The Hall–Kier alpha value is -2.80. The molecule has 0 radical (unpaired) electrons. The van der Waals surface area contributed by atoms with Crippen LogP contribution in [0.15, 0.2) is 52.6 Å². The summed E-state index contributed by atoms with van der Waals surface area (Å²) in [6.45, 7) is 5.06. The molecule has 3 aliphatic rings. The summed E-state index contributed by atoms with van der Waals surface area (Å²) in [5, 5.41) is 4.32. The molecule has 0 aromatic heterocycles. The number of nitrogens with one attached hydrogen (secondary N) is 1. The quantitative estimate of drug-likeness (QED) is 0.411. The topological polar surface area (TPSA) is 66.3 Å². The Balaban J connectivity index is 1.52. The highest BCUT2D eigenvalue weighted by atomic mass is 32.2. The Kier molecular flexibility index (Phi) is 6.87. The number of thioether (sulfide) groups is 1. The first-order valence-electron chi connectivity index (χ1n) is 12.6. The highest BCUT2D eigenvalue weighted by Crippen LogP contribution is 2.36. The van der Waals surface area contributed by atoms with Gasteiger partial charge in [-0.15, -0.1) is 0 Å². The standard InChI is InChI=1S/C28H34N4O2S/c1-28(2)25(30-31-27(33)35-28)21-13-16-24-20(18-21)8-7-17-32(24)26(29-22-9-5-4-6-10-22)19-11-14-23(34-3)15-12-19/h11-16,18,22H,4-10,17H2,1-3H3,(H,31,33)/b29-26-. The van der Waals surface area contributed by atoms with Crippen LogP contribution in [0.4, 0.5) is 10.5 Å². The van der Waals surface area contributed by atoms with Crippen molar-refractivity contribution in [3.05, 3.63) is 59.2 Å². The number of hydrazone groups is 1. The minimum absolute atomic E-state index is 0.106. The molecule has 1 amide bonds. The van der Waals surface area contributed by atoms with Crippen molar-refractivity contribution < 1.29 is 9.53 Å². The number of methoxy groups -OCH3 is 1. The molecular weight excluding hydrogens is 456 g/mol. The minimum atomic E-state index is -0.373. The second kappa shape index (κ2) is 10.1. The Morgan fingerprint density at radius 3 is 2.60 bits per heavy atom. The van der Waals surface area contributed by atoms with Crippen LogP contribution >= 0.6 is 11.8 Å². The molecule has 184 valence electrons. The van der Waals surface area contributed by atoms with Gasteiger partial charge in [0.1, 0.15) is 11.6 Å². The molecule has 0 atom stereocenters. The normalized spacial score (nSPS) is 20.7. The molecule has 35 heavy (non-hydrogen) atoms. The van der Waals surface area contributed by atoms with Gasteiger partial charge in [-0.3, -0.25) is 9.79 Å². The minimum Gasteiger partial charge on any atom is -0.497 e. The lowest BCUT2D eigenvalue weighted by Gasteiger charge is -2.35. The van der Waals surface area contributed by atoms with Crippen LogP contribution in [0.3, 0.4) is 0 Å². The average molecular weight is 491 g/mol. The van der Waals surface area contributed by atoms with Gasteiger partial charge in [0.15, 0.2) is 0 Å². The molecule has 0 saturated heterocycles. The average Bonchev–Trinajstić information content (AvgIpc) is 2.87. The van der Waals surface area contributed by atoms with Gasteiger partial charge in [-0.2, -0.15) is 5.10 Å². The second-order valence-electron chi connectivity index (χ2n) is 10.0. The number of fused-ring (bicyclic) bond motifs is 1. The van der Waals surface area contributed by atoms with Crippen molar-refractivity contribution in [2.45, 2.75) is 69.6 Å². The van der Waals surface area contributed by atoms with Gasteiger partial charge in [-0.25, -0.2) is 5.43 Å². The number of hydrogen-bond donors (Lipinski definition) is 1. The van der Waals surface area contributed by atoms with E-state index in [-0.39, 0.29) is 9.99 Å². The predicted octanol–water partition coefficient (Wildman–Crippen LogP) is 6.17. The third kappa shape index (κ3) is 5.10. The van der Waals surface area contributed by atoms with Crippen LogP contribution in [0.1, 0.15) is 69.1 Å². The molecule has 1 N–H and O–H groups in total. The van der Waals surface area contributed by atoms with Crippen LogP contribution in [0, 0.1) is 0 Å². The molecule has 6 nitrogen and oxygen atoms in total. The molecule has 5 rings (SSSR count). The summed E-state index contributed by atoms with van der Waals surface area (Å²) in [6.07, 6.45) is 8.25. The molecule has 2 aromatic carbocycles. The van der Waals surface area contributed by atoms with Crippen molar-refractivity contribution in [1.82, 2.24) is 5.43 Å². The number of ether oxygens (including phenoxy) is 1. The lowest BCUT2D eigenvalue weighted by molar-refractivity contribution is 0.260. The number of aliphatic imine (C=N–C) groups is 1. The number of amides is 1. The Labute approximate surface area is 212 Å². The number of nitrogens with zero attached hydrogens (tertiary/aromatic N) is 3. The first kappa shape index (κ1) is 23.9. The molecule has 0 bridgehead atoms. The zero-order valence-electron chi connectivity index (χ0n) is 20.8. The molecular formula is C28H34N4O2S. The fourth-order valence-electron chi connectivity index (χ4n) is 5.34. The Morgan fingerprint density at radius 2 is 1.89 bits per heavy atom. The van der Waals surface area contributed by atoms with Crippen LogP contribution in [-0.2, 0) is 6.42 Å². The number of carbonyl (C=O) groups excluding carboxylic acids is 1. The van der Waals surface area contributed by atoms with Crippen molar-refractivity contribution in [2.24, 2.45) is 10.1 Å². The van der Waals surface area contributed by atoms with Gasteiger partial charge in [0, 0.05) is 17.8 Å². The number of rotatable bonds is 4. The summed E-state index contributed by atoms with van der Waals surface area (Å²) < 4.78 is 5.03. The number of carbonyl (C=O) groups is 1. The number of benzene rings is 2. The number of hydrogen-bond acceptors (Lipinski definition) is 5. The Bertz CT molecular complexity index is 1150. The van der Waals surface area contributed by atoms with E-state index in [0.717, 1.165) is 60.7 Å². The number of anilines is 1. The van der Waals surface area contributed by atoms with E-state index in [1.807, 2.05) is 12.1 Å². The van der Waals surface area contributed by atoms with Crippen molar-refractivity contribution >= 4 is 34.2 Å². The fraction of sp³-hybridized carbons (Fsp3) is 0.464. The highest BCUT2D eigenvalue weighted by molar-refractivity contribution is 8.15. The van der Waals surface area contributed by atoms with Crippen molar-refractivity contribution in [3.63, 3.8) is 0 Å². The smallest absolute Gasteiger partial charge is 0.300 e. The zero-order valence-corrected chi connectivity index (χ0v) is 21.7.